The van der Waals surface area contributed by atoms with Gasteiger partial charge in [-0.25, -0.2) is 0 Å². The van der Waals surface area contributed by atoms with Crippen LogP contribution >= 0.6 is 0 Å². The Morgan fingerprint density at radius 1 is 0.871 bits per heavy atom. The quantitative estimate of drug-likeness (QED) is 0.228. The molecule has 0 bridgehead atoms. The van der Waals surface area contributed by atoms with Crippen LogP contribution in [-0.2, 0) is 4.79 Å². The van der Waals surface area contributed by atoms with E-state index in [1.807, 2.05) is 43.3 Å². The molecular formula is C28H42N2O. The number of benzene rings is 1. The highest BCUT2D eigenvalue weighted by atomic mass is 16.1. The second kappa shape index (κ2) is 17.2. The van der Waals surface area contributed by atoms with Gasteiger partial charge in [0.2, 0.25) is 5.91 Å². The van der Waals surface area contributed by atoms with Crippen molar-refractivity contribution in [3.05, 3.63) is 78.4 Å². The van der Waals surface area contributed by atoms with Crippen molar-refractivity contribution in [1.29, 1.82) is 0 Å². The number of nitrogens with two attached hydrogens (primary N) is 1. The summed E-state index contributed by atoms with van der Waals surface area (Å²) in [6.07, 6.45) is 27.3. The number of primary amides is 1. The first-order chi connectivity index (χ1) is 15.1. The Hall–Kier alpha value is -2.55. The number of carbonyl (C=O) groups excluding carboxylic acids is 1. The summed E-state index contributed by atoms with van der Waals surface area (Å²) in [5.41, 5.74) is 7.76. The lowest BCUT2D eigenvalue weighted by Crippen LogP contribution is -2.23. The van der Waals surface area contributed by atoms with Gasteiger partial charge in [-0.05, 0) is 56.6 Å². The van der Waals surface area contributed by atoms with Crippen LogP contribution in [0.5, 0.6) is 0 Å². The number of allylic oxidation sites excluding steroid dienone is 8. The highest BCUT2D eigenvalue weighted by molar-refractivity contribution is 5.84. The maximum Gasteiger partial charge on any atom is 0.225 e. The summed E-state index contributed by atoms with van der Waals surface area (Å²) in [7, 11) is 3.98. The van der Waals surface area contributed by atoms with Gasteiger partial charge in [0.05, 0.1) is 5.92 Å². The molecule has 3 heteroatoms. The number of unbranched alkanes of at least 4 members (excludes halogenated alkanes) is 3. The van der Waals surface area contributed by atoms with Crippen molar-refractivity contribution >= 4 is 11.6 Å². The van der Waals surface area contributed by atoms with Crippen LogP contribution in [0.25, 0.3) is 0 Å². The molecule has 1 amide bonds. The van der Waals surface area contributed by atoms with Crippen molar-refractivity contribution in [2.45, 2.75) is 70.6 Å². The first-order valence-electron chi connectivity index (χ1n) is 11.7. The zero-order valence-electron chi connectivity index (χ0n) is 19.8. The maximum atomic E-state index is 12.0. The van der Waals surface area contributed by atoms with E-state index in [0.29, 0.717) is 0 Å². The van der Waals surface area contributed by atoms with Crippen LogP contribution in [0.1, 0.15) is 76.2 Å². The third kappa shape index (κ3) is 12.0. The predicted octanol–water partition coefficient (Wildman–Crippen LogP) is 7.08. The summed E-state index contributed by atoms with van der Waals surface area (Å²) in [6, 6.07) is 8.00. The van der Waals surface area contributed by atoms with E-state index < -0.39 is 0 Å². The van der Waals surface area contributed by atoms with E-state index in [-0.39, 0.29) is 11.8 Å². The summed E-state index contributed by atoms with van der Waals surface area (Å²) in [5, 5.41) is 0. The van der Waals surface area contributed by atoms with Gasteiger partial charge in [-0.1, -0.05) is 86.6 Å². The van der Waals surface area contributed by atoms with E-state index >= 15 is 0 Å². The number of hydrogen-bond acceptors (Lipinski definition) is 2. The summed E-state index contributed by atoms with van der Waals surface area (Å²) in [6.45, 7) is 2.24. The smallest absolute Gasteiger partial charge is 0.225 e. The molecule has 1 aromatic carbocycles. The molecule has 2 N–H and O–H groups in total. The van der Waals surface area contributed by atoms with Crippen LogP contribution in [-0.4, -0.2) is 20.0 Å². The van der Waals surface area contributed by atoms with Gasteiger partial charge in [0.25, 0.3) is 0 Å². The van der Waals surface area contributed by atoms with Crippen molar-refractivity contribution in [2.75, 3.05) is 19.0 Å². The van der Waals surface area contributed by atoms with Gasteiger partial charge in [-0.2, -0.15) is 0 Å². The van der Waals surface area contributed by atoms with Gasteiger partial charge in [0.1, 0.15) is 0 Å². The van der Waals surface area contributed by atoms with Crippen molar-refractivity contribution in [3.63, 3.8) is 0 Å². The average Bonchev–Trinajstić information content (AvgIpc) is 2.75. The Morgan fingerprint density at radius 3 is 1.97 bits per heavy atom. The lowest BCUT2D eigenvalue weighted by molar-refractivity contribution is -0.119. The molecule has 0 spiro atoms. The molecule has 1 aromatic rings. The van der Waals surface area contributed by atoms with Crippen LogP contribution in [0, 0.1) is 0 Å². The van der Waals surface area contributed by atoms with E-state index in [4.69, 9.17) is 5.73 Å². The molecule has 31 heavy (non-hydrogen) atoms. The van der Waals surface area contributed by atoms with Crippen LogP contribution in [0.2, 0.25) is 0 Å². The van der Waals surface area contributed by atoms with E-state index in [0.717, 1.165) is 43.4 Å². The molecule has 0 aliphatic heterocycles. The van der Waals surface area contributed by atoms with E-state index in [1.54, 1.807) is 0 Å². The fourth-order valence-electron chi connectivity index (χ4n) is 3.46. The second-order valence-corrected chi connectivity index (χ2v) is 8.07. The lowest BCUT2D eigenvalue weighted by atomic mass is 9.91. The van der Waals surface area contributed by atoms with Crippen molar-refractivity contribution in [1.82, 2.24) is 0 Å². The van der Waals surface area contributed by atoms with Crippen LogP contribution < -0.4 is 10.6 Å². The maximum absolute atomic E-state index is 12.0. The molecule has 0 saturated heterocycles. The summed E-state index contributed by atoms with van der Waals surface area (Å²) in [5.74, 6) is -0.519. The monoisotopic (exact) mass is 422 g/mol. The molecule has 0 fully saturated rings. The zero-order valence-corrected chi connectivity index (χ0v) is 19.8. The Balaban J connectivity index is 2.29. The molecule has 170 valence electrons. The van der Waals surface area contributed by atoms with Gasteiger partial charge in [-0.15, -0.1) is 0 Å². The Morgan fingerprint density at radius 2 is 1.42 bits per heavy atom. The molecule has 0 aliphatic carbocycles. The minimum atomic E-state index is -0.260. The van der Waals surface area contributed by atoms with Crippen molar-refractivity contribution < 1.29 is 4.79 Å². The highest BCUT2D eigenvalue weighted by Gasteiger charge is 2.20. The van der Waals surface area contributed by atoms with Gasteiger partial charge in [0.15, 0.2) is 0 Å². The largest absolute Gasteiger partial charge is 0.377 e. The van der Waals surface area contributed by atoms with E-state index in [1.165, 1.54) is 25.7 Å². The topological polar surface area (TPSA) is 46.3 Å². The fourth-order valence-corrected chi connectivity index (χ4v) is 3.46. The number of rotatable bonds is 16. The number of carbonyl (C=O) groups is 1. The molecule has 0 radical (unpaired) electrons. The first-order valence-corrected chi connectivity index (χ1v) is 11.7. The lowest BCUT2D eigenvalue weighted by Gasteiger charge is -2.22. The molecular weight excluding hydrogens is 380 g/mol. The van der Waals surface area contributed by atoms with Crippen molar-refractivity contribution in [2.24, 2.45) is 5.73 Å². The van der Waals surface area contributed by atoms with Crippen molar-refractivity contribution in [3.8, 4) is 0 Å². The summed E-state index contributed by atoms with van der Waals surface area (Å²) in [4.78, 5) is 14.1. The number of hydrogen-bond donors (Lipinski definition) is 1. The molecule has 3 nitrogen and oxygen atoms in total. The Bertz CT molecular complexity index is 728. The highest BCUT2D eigenvalue weighted by Crippen LogP contribution is 2.29. The summed E-state index contributed by atoms with van der Waals surface area (Å²) < 4.78 is 0. The molecule has 0 heterocycles. The zero-order chi connectivity index (χ0) is 22.7. The molecule has 1 atom stereocenters. The second-order valence-electron chi connectivity index (χ2n) is 8.07. The Labute approximate surface area is 190 Å². The van der Waals surface area contributed by atoms with Gasteiger partial charge < -0.3 is 10.6 Å². The molecule has 1 rings (SSSR count). The molecule has 0 aromatic heterocycles. The number of amides is 1. The SMILES string of the molecule is CCCCCC=CCC=CCC=CCC=CCCC(C(N)=O)c1ccccc1N(C)C. The standard InChI is InChI=1S/C28H42N2O/c1-4-5-6-7-8-9-10-11-12-13-14-15-16-17-18-19-23-26(28(29)31)25-22-20-21-24-27(25)30(2)3/h8-9,11-12,14-15,17-18,20-22,24,26H,4-7,10,13,16,19,23H2,1-3H3,(H2,29,31). The van der Waals surface area contributed by atoms with Crippen LogP contribution in [0.3, 0.4) is 0 Å². The van der Waals surface area contributed by atoms with Gasteiger partial charge in [0, 0.05) is 19.8 Å². The summed E-state index contributed by atoms with van der Waals surface area (Å²) >= 11 is 0. The van der Waals surface area contributed by atoms with Gasteiger partial charge in [-0.3, -0.25) is 4.79 Å². The van der Waals surface area contributed by atoms with Crippen LogP contribution in [0.4, 0.5) is 5.69 Å². The normalized spacial score (nSPS) is 13.1. The molecule has 0 saturated carbocycles. The number of anilines is 1. The minimum absolute atomic E-state index is 0.259. The Kier molecular flexibility index (Phi) is 14.7. The number of para-hydroxylation sites is 1. The fraction of sp³-hybridized carbons (Fsp3) is 0.464. The molecule has 1 unspecified atom stereocenters. The van der Waals surface area contributed by atoms with E-state index in [2.05, 4.69) is 55.5 Å². The van der Waals surface area contributed by atoms with E-state index in [9.17, 15) is 4.79 Å². The third-order valence-corrected chi connectivity index (χ3v) is 5.22. The van der Waals surface area contributed by atoms with Crippen LogP contribution in [0.15, 0.2) is 72.9 Å². The molecule has 0 aliphatic rings. The minimum Gasteiger partial charge on any atom is -0.377 e. The predicted molar refractivity (Wildman–Crippen MR) is 136 cm³/mol. The average molecular weight is 423 g/mol. The van der Waals surface area contributed by atoms with Gasteiger partial charge >= 0.3 is 0 Å². The third-order valence-electron chi connectivity index (χ3n) is 5.22. The first kappa shape index (κ1) is 26.5. The number of nitrogens with zero attached hydrogens (tertiary/aromatic N) is 1.